The summed E-state index contributed by atoms with van der Waals surface area (Å²) in [5.41, 5.74) is 4.52. The molecule has 0 heterocycles. The molecule has 2 atom stereocenters. The molecule has 0 bridgehead atoms. The summed E-state index contributed by atoms with van der Waals surface area (Å²) in [7, 11) is 0. The van der Waals surface area contributed by atoms with E-state index < -0.39 is 30.6 Å². The predicted molar refractivity (Wildman–Crippen MR) is 110 cm³/mol. The number of aliphatic hydroxyl groups excluding tert-OH is 1. The molecule has 1 aliphatic carbocycles. The van der Waals surface area contributed by atoms with Crippen molar-refractivity contribution < 1.29 is 24.5 Å². The Kier molecular flexibility index (Phi) is 6.54. The van der Waals surface area contributed by atoms with E-state index in [-0.39, 0.29) is 18.4 Å². The van der Waals surface area contributed by atoms with Crippen molar-refractivity contribution in [3.8, 4) is 11.1 Å². The number of amides is 1. The van der Waals surface area contributed by atoms with Gasteiger partial charge in [-0.25, -0.2) is 4.79 Å². The standard InChI is InChI=1S/C23H27NO5/c1-14(2)11-20(21(25)12-22(26)27)24-23(28)29-13-19-17-9-5-3-7-15(17)16-8-4-6-10-18(16)19/h3-10,14,19-21,25H,11-13H2,1-2H3,(H,24,28)(H,26,27)/t20-,21-/m1/s1. The van der Waals surface area contributed by atoms with Gasteiger partial charge >= 0.3 is 12.1 Å². The molecule has 2 aromatic rings. The second-order valence-corrected chi connectivity index (χ2v) is 7.87. The second kappa shape index (κ2) is 9.09. The highest BCUT2D eigenvalue weighted by molar-refractivity contribution is 5.79. The summed E-state index contributed by atoms with van der Waals surface area (Å²) in [5.74, 6) is -0.987. The van der Waals surface area contributed by atoms with Gasteiger partial charge in [0.25, 0.3) is 0 Å². The van der Waals surface area contributed by atoms with E-state index in [0.29, 0.717) is 6.42 Å². The zero-order valence-corrected chi connectivity index (χ0v) is 16.7. The minimum absolute atomic E-state index is 0.0550. The van der Waals surface area contributed by atoms with Gasteiger partial charge in [0.1, 0.15) is 6.61 Å². The summed E-state index contributed by atoms with van der Waals surface area (Å²) < 4.78 is 5.50. The van der Waals surface area contributed by atoms with Crippen molar-refractivity contribution in [2.24, 2.45) is 5.92 Å². The highest BCUT2D eigenvalue weighted by atomic mass is 16.5. The van der Waals surface area contributed by atoms with Gasteiger partial charge in [-0.2, -0.15) is 0 Å². The monoisotopic (exact) mass is 397 g/mol. The van der Waals surface area contributed by atoms with Crippen LogP contribution in [0.15, 0.2) is 48.5 Å². The maximum Gasteiger partial charge on any atom is 0.407 e. The van der Waals surface area contributed by atoms with Crippen LogP contribution >= 0.6 is 0 Å². The Morgan fingerprint density at radius 1 is 1.03 bits per heavy atom. The highest BCUT2D eigenvalue weighted by Crippen LogP contribution is 2.44. The lowest BCUT2D eigenvalue weighted by Crippen LogP contribution is -2.45. The summed E-state index contributed by atoms with van der Waals surface area (Å²) in [6, 6.07) is 15.5. The number of aliphatic carboxylic acids is 1. The number of aliphatic hydroxyl groups is 1. The molecule has 29 heavy (non-hydrogen) atoms. The van der Waals surface area contributed by atoms with Crippen LogP contribution in [0.5, 0.6) is 0 Å². The van der Waals surface area contributed by atoms with Crippen LogP contribution in [0.4, 0.5) is 4.79 Å². The van der Waals surface area contributed by atoms with Crippen molar-refractivity contribution in [2.75, 3.05) is 6.61 Å². The van der Waals surface area contributed by atoms with Crippen LogP contribution in [0.2, 0.25) is 0 Å². The fourth-order valence-corrected chi connectivity index (χ4v) is 3.93. The van der Waals surface area contributed by atoms with Gasteiger partial charge in [-0.15, -0.1) is 0 Å². The number of hydrogen-bond acceptors (Lipinski definition) is 4. The molecular weight excluding hydrogens is 370 g/mol. The molecule has 2 aromatic carbocycles. The predicted octanol–water partition coefficient (Wildman–Crippen LogP) is 3.78. The first-order chi connectivity index (χ1) is 13.9. The molecule has 0 unspecified atom stereocenters. The van der Waals surface area contributed by atoms with Crippen molar-refractivity contribution in [1.82, 2.24) is 5.32 Å². The number of benzene rings is 2. The van der Waals surface area contributed by atoms with E-state index in [9.17, 15) is 14.7 Å². The Morgan fingerprint density at radius 3 is 2.10 bits per heavy atom. The topological polar surface area (TPSA) is 95.9 Å². The van der Waals surface area contributed by atoms with Gasteiger partial charge < -0.3 is 20.3 Å². The third kappa shape index (κ3) is 4.95. The van der Waals surface area contributed by atoms with Crippen LogP contribution in [-0.2, 0) is 9.53 Å². The zero-order chi connectivity index (χ0) is 21.0. The minimum Gasteiger partial charge on any atom is -0.481 e. The van der Waals surface area contributed by atoms with Gasteiger partial charge in [0, 0.05) is 5.92 Å². The van der Waals surface area contributed by atoms with E-state index >= 15 is 0 Å². The van der Waals surface area contributed by atoms with Crippen LogP contribution in [0.25, 0.3) is 11.1 Å². The van der Waals surface area contributed by atoms with E-state index in [1.807, 2.05) is 50.2 Å². The molecule has 3 rings (SSSR count). The molecule has 154 valence electrons. The second-order valence-electron chi connectivity index (χ2n) is 7.87. The Labute approximate surface area is 170 Å². The van der Waals surface area contributed by atoms with Crippen molar-refractivity contribution >= 4 is 12.1 Å². The van der Waals surface area contributed by atoms with E-state index in [4.69, 9.17) is 9.84 Å². The molecule has 0 aliphatic heterocycles. The molecule has 6 heteroatoms. The Morgan fingerprint density at radius 2 is 1.59 bits per heavy atom. The average molecular weight is 397 g/mol. The van der Waals surface area contributed by atoms with E-state index in [1.165, 1.54) is 0 Å². The SMILES string of the molecule is CC(C)C[C@@H](NC(=O)OCC1c2ccccc2-c2ccccc21)[C@H](O)CC(=O)O. The highest BCUT2D eigenvalue weighted by Gasteiger charge is 2.30. The number of hydrogen-bond donors (Lipinski definition) is 3. The molecule has 0 radical (unpaired) electrons. The van der Waals surface area contributed by atoms with Gasteiger partial charge in [-0.05, 0) is 34.6 Å². The van der Waals surface area contributed by atoms with Gasteiger partial charge in [-0.3, -0.25) is 4.79 Å². The van der Waals surface area contributed by atoms with Gasteiger partial charge in [0.2, 0.25) is 0 Å². The van der Waals surface area contributed by atoms with Gasteiger partial charge in [-0.1, -0.05) is 62.4 Å². The van der Waals surface area contributed by atoms with Crippen LogP contribution in [-0.4, -0.2) is 41.0 Å². The summed E-state index contributed by atoms with van der Waals surface area (Å²) in [5, 5.41) is 21.7. The minimum atomic E-state index is -1.17. The molecule has 0 aromatic heterocycles. The zero-order valence-electron chi connectivity index (χ0n) is 16.7. The number of carbonyl (C=O) groups is 2. The lowest BCUT2D eigenvalue weighted by Gasteiger charge is -2.25. The lowest BCUT2D eigenvalue weighted by molar-refractivity contribution is -0.139. The number of carbonyl (C=O) groups excluding carboxylic acids is 1. The summed E-state index contributed by atoms with van der Waals surface area (Å²) >= 11 is 0. The Balaban J connectivity index is 1.67. The molecule has 6 nitrogen and oxygen atoms in total. The fourth-order valence-electron chi connectivity index (χ4n) is 3.93. The quantitative estimate of drug-likeness (QED) is 0.630. The number of fused-ring (bicyclic) bond motifs is 3. The van der Waals surface area contributed by atoms with E-state index in [1.54, 1.807) is 0 Å². The molecule has 1 aliphatic rings. The lowest BCUT2D eigenvalue weighted by atomic mass is 9.97. The van der Waals surface area contributed by atoms with Crippen LogP contribution in [0.3, 0.4) is 0 Å². The molecule has 0 fully saturated rings. The molecule has 0 saturated carbocycles. The first kappa shape index (κ1) is 20.9. The molecule has 0 saturated heterocycles. The summed E-state index contributed by atoms with van der Waals surface area (Å²) in [6.07, 6.45) is -1.79. The Hall–Kier alpha value is -2.86. The smallest absolute Gasteiger partial charge is 0.407 e. The van der Waals surface area contributed by atoms with Crippen molar-refractivity contribution in [1.29, 1.82) is 0 Å². The average Bonchev–Trinajstić information content (AvgIpc) is 2.99. The molecule has 3 N–H and O–H groups in total. The first-order valence-corrected chi connectivity index (χ1v) is 9.88. The number of rotatable bonds is 8. The maximum atomic E-state index is 12.4. The van der Waals surface area contributed by atoms with E-state index in [0.717, 1.165) is 22.3 Å². The molecule has 1 amide bonds. The largest absolute Gasteiger partial charge is 0.481 e. The fraction of sp³-hybridized carbons (Fsp3) is 0.391. The van der Waals surface area contributed by atoms with Crippen LogP contribution in [0, 0.1) is 5.92 Å². The summed E-state index contributed by atoms with van der Waals surface area (Å²) in [6.45, 7) is 4.06. The van der Waals surface area contributed by atoms with Crippen LogP contribution < -0.4 is 5.32 Å². The molecular formula is C23H27NO5. The summed E-state index contributed by atoms with van der Waals surface area (Å²) in [4.78, 5) is 23.3. The van der Waals surface area contributed by atoms with Crippen molar-refractivity contribution in [3.05, 3.63) is 59.7 Å². The first-order valence-electron chi connectivity index (χ1n) is 9.88. The number of ether oxygens (including phenoxy) is 1. The number of nitrogens with one attached hydrogen (secondary N) is 1. The number of carboxylic acid groups (broad SMARTS) is 1. The third-order valence-electron chi connectivity index (χ3n) is 5.22. The number of alkyl carbamates (subject to hydrolysis) is 1. The van der Waals surface area contributed by atoms with Crippen molar-refractivity contribution in [2.45, 2.75) is 44.8 Å². The van der Waals surface area contributed by atoms with Crippen LogP contribution in [0.1, 0.15) is 43.7 Å². The molecule has 0 spiro atoms. The maximum absolute atomic E-state index is 12.4. The van der Waals surface area contributed by atoms with Gasteiger partial charge in [0.05, 0.1) is 18.6 Å². The van der Waals surface area contributed by atoms with Crippen molar-refractivity contribution in [3.63, 3.8) is 0 Å². The number of carboxylic acids is 1. The van der Waals surface area contributed by atoms with Gasteiger partial charge in [0.15, 0.2) is 0 Å². The normalized spacial score (nSPS) is 14.8. The van der Waals surface area contributed by atoms with E-state index in [2.05, 4.69) is 17.4 Å². The third-order valence-corrected chi connectivity index (χ3v) is 5.22. The Bertz CT molecular complexity index is 834.